The second-order valence-electron chi connectivity index (χ2n) is 4.90. The molecule has 4 heteroatoms. The summed E-state index contributed by atoms with van der Waals surface area (Å²) in [5.74, 6) is 0.553. The van der Waals surface area contributed by atoms with Crippen molar-refractivity contribution in [2.45, 2.75) is 6.54 Å². The van der Waals surface area contributed by atoms with E-state index < -0.39 is 0 Å². The van der Waals surface area contributed by atoms with E-state index in [9.17, 15) is 4.39 Å². The van der Waals surface area contributed by atoms with E-state index in [2.05, 4.69) is 15.6 Å². The molecule has 3 nitrogen and oxygen atoms in total. The van der Waals surface area contributed by atoms with Gasteiger partial charge in [0.15, 0.2) is 0 Å². The normalized spacial score (nSPS) is 10.2. The molecule has 0 spiro atoms. The Bertz CT molecular complexity index is 727. The van der Waals surface area contributed by atoms with Crippen molar-refractivity contribution in [1.29, 1.82) is 0 Å². The first-order valence-corrected chi connectivity index (χ1v) is 7.06. The van der Waals surface area contributed by atoms with Gasteiger partial charge in [0.2, 0.25) is 0 Å². The van der Waals surface area contributed by atoms with E-state index in [0.717, 1.165) is 22.8 Å². The van der Waals surface area contributed by atoms with Gasteiger partial charge in [-0.1, -0.05) is 30.3 Å². The van der Waals surface area contributed by atoms with Crippen molar-refractivity contribution in [2.24, 2.45) is 0 Å². The van der Waals surface area contributed by atoms with Gasteiger partial charge in [-0.2, -0.15) is 0 Å². The summed E-state index contributed by atoms with van der Waals surface area (Å²) in [5.41, 5.74) is 2.97. The number of anilines is 3. The van der Waals surface area contributed by atoms with Crippen LogP contribution in [-0.4, -0.2) is 4.98 Å². The number of benzene rings is 2. The topological polar surface area (TPSA) is 37.0 Å². The third-order valence-corrected chi connectivity index (χ3v) is 3.22. The van der Waals surface area contributed by atoms with Crippen LogP contribution in [0.15, 0.2) is 72.9 Å². The standard InChI is InChI=1S/C18H16FN3/c19-15-8-6-14(7-9-15)13-21-17-10-11-20-18(12-17)22-16-4-2-1-3-5-16/h1-12H,13H2,(H2,20,21,22). The Morgan fingerprint density at radius 3 is 2.41 bits per heavy atom. The number of hydrogen-bond donors (Lipinski definition) is 2. The van der Waals surface area contributed by atoms with Crippen molar-refractivity contribution in [1.82, 2.24) is 4.98 Å². The molecule has 0 aliphatic carbocycles. The number of rotatable bonds is 5. The maximum atomic E-state index is 12.9. The van der Waals surface area contributed by atoms with Crippen molar-refractivity contribution in [2.75, 3.05) is 10.6 Å². The molecule has 0 bridgehead atoms. The Labute approximate surface area is 128 Å². The average Bonchev–Trinajstić information content (AvgIpc) is 2.56. The van der Waals surface area contributed by atoms with Crippen LogP contribution in [0, 0.1) is 5.82 Å². The SMILES string of the molecule is Fc1ccc(CNc2ccnc(Nc3ccccc3)c2)cc1. The molecule has 0 radical (unpaired) electrons. The van der Waals surface area contributed by atoms with E-state index in [-0.39, 0.29) is 5.82 Å². The number of pyridine rings is 1. The van der Waals surface area contributed by atoms with Crippen molar-refractivity contribution in [3.8, 4) is 0 Å². The second kappa shape index (κ2) is 6.72. The highest BCUT2D eigenvalue weighted by Gasteiger charge is 1.99. The molecule has 1 aromatic heterocycles. The molecule has 2 aromatic carbocycles. The first-order valence-electron chi connectivity index (χ1n) is 7.06. The number of aromatic nitrogens is 1. The van der Waals surface area contributed by atoms with Crippen LogP contribution in [0.5, 0.6) is 0 Å². The van der Waals surface area contributed by atoms with Gasteiger partial charge in [-0.25, -0.2) is 9.37 Å². The summed E-state index contributed by atoms with van der Waals surface area (Å²) in [6, 6.07) is 20.2. The minimum absolute atomic E-state index is 0.220. The van der Waals surface area contributed by atoms with E-state index in [1.54, 1.807) is 18.3 Å². The van der Waals surface area contributed by atoms with Gasteiger partial charge in [0, 0.05) is 30.2 Å². The highest BCUT2D eigenvalue weighted by Crippen LogP contribution is 2.18. The molecule has 0 amide bonds. The van der Waals surface area contributed by atoms with Gasteiger partial charge in [0.25, 0.3) is 0 Å². The highest BCUT2D eigenvalue weighted by molar-refractivity contribution is 5.60. The zero-order chi connectivity index (χ0) is 15.2. The third kappa shape index (κ3) is 3.82. The van der Waals surface area contributed by atoms with Crippen molar-refractivity contribution < 1.29 is 4.39 Å². The molecule has 3 aromatic rings. The molecule has 3 rings (SSSR count). The van der Waals surface area contributed by atoms with Gasteiger partial charge < -0.3 is 10.6 Å². The van der Waals surface area contributed by atoms with Crippen LogP contribution in [-0.2, 0) is 6.54 Å². The van der Waals surface area contributed by atoms with E-state index in [0.29, 0.717) is 6.54 Å². The van der Waals surface area contributed by atoms with Crippen LogP contribution in [0.3, 0.4) is 0 Å². The van der Waals surface area contributed by atoms with E-state index in [1.165, 1.54) is 12.1 Å². The fourth-order valence-corrected chi connectivity index (χ4v) is 2.08. The summed E-state index contributed by atoms with van der Waals surface area (Å²) >= 11 is 0. The Morgan fingerprint density at radius 2 is 1.64 bits per heavy atom. The van der Waals surface area contributed by atoms with Gasteiger partial charge in [0.05, 0.1) is 0 Å². The van der Waals surface area contributed by atoms with Gasteiger partial charge in [0.1, 0.15) is 11.6 Å². The van der Waals surface area contributed by atoms with Crippen LogP contribution in [0.25, 0.3) is 0 Å². The predicted octanol–water partition coefficient (Wildman–Crippen LogP) is 4.58. The fourth-order valence-electron chi connectivity index (χ4n) is 2.08. The summed E-state index contributed by atoms with van der Waals surface area (Å²) in [7, 11) is 0. The van der Waals surface area contributed by atoms with Crippen molar-refractivity contribution >= 4 is 17.2 Å². The Hall–Kier alpha value is -2.88. The maximum absolute atomic E-state index is 12.9. The lowest BCUT2D eigenvalue weighted by Gasteiger charge is -2.09. The van der Waals surface area contributed by atoms with Crippen molar-refractivity contribution in [3.63, 3.8) is 0 Å². The molecular formula is C18H16FN3. The summed E-state index contributed by atoms with van der Waals surface area (Å²) in [6.45, 7) is 0.634. The number of hydrogen-bond acceptors (Lipinski definition) is 3. The number of nitrogens with one attached hydrogen (secondary N) is 2. The molecule has 110 valence electrons. The lowest BCUT2D eigenvalue weighted by Crippen LogP contribution is -2.01. The molecule has 0 aliphatic heterocycles. The summed E-state index contributed by atoms with van der Waals surface area (Å²) in [6.07, 6.45) is 1.75. The van der Waals surface area contributed by atoms with Crippen LogP contribution >= 0.6 is 0 Å². The van der Waals surface area contributed by atoms with Gasteiger partial charge in [-0.15, -0.1) is 0 Å². The first-order chi connectivity index (χ1) is 10.8. The number of para-hydroxylation sites is 1. The smallest absolute Gasteiger partial charge is 0.132 e. The largest absolute Gasteiger partial charge is 0.381 e. The molecule has 0 aliphatic rings. The summed E-state index contributed by atoms with van der Waals surface area (Å²) < 4.78 is 12.9. The van der Waals surface area contributed by atoms with E-state index >= 15 is 0 Å². The minimum Gasteiger partial charge on any atom is -0.381 e. The van der Waals surface area contributed by atoms with Crippen LogP contribution < -0.4 is 10.6 Å². The monoisotopic (exact) mass is 293 g/mol. The molecule has 0 fully saturated rings. The molecule has 0 saturated carbocycles. The van der Waals surface area contributed by atoms with Crippen LogP contribution in [0.2, 0.25) is 0 Å². The molecule has 0 unspecified atom stereocenters. The average molecular weight is 293 g/mol. The molecule has 1 heterocycles. The third-order valence-electron chi connectivity index (χ3n) is 3.22. The summed E-state index contributed by atoms with van der Waals surface area (Å²) in [5, 5.41) is 6.55. The van der Waals surface area contributed by atoms with Gasteiger partial charge in [-0.05, 0) is 35.9 Å². The lowest BCUT2D eigenvalue weighted by molar-refractivity contribution is 0.627. The Balaban J connectivity index is 1.65. The minimum atomic E-state index is -0.220. The quantitative estimate of drug-likeness (QED) is 0.723. The first kappa shape index (κ1) is 14.1. The molecular weight excluding hydrogens is 277 g/mol. The molecule has 0 atom stereocenters. The van der Waals surface area contributed by atoms with E-state index in [4.69, 9.17) is 0 Å². The Kier molecular flexibility index (Phi) is 4.30. The predicted molar refractivity (Wildman–Crippen MR) is 87.7 cm³/mol. The lowest BCUT2D eigenvalue weighted by atomic mass is 10.2. The highest BCUT2D eigenvalue weighted by atomic mass is 19.1. The van der Waals surface area contributed by atoms with Gasteiger partial charge in [-0.3, -0.25) is 0 Å². The van der Waals surface area contributed by atoms with Gasteiger partial charge >= 0.3 is 0 Å². The second-order valence-corrected chi connectivity index (χ2v) is 4.90. The molecule has 22 heavy (non-hydrogen) atoms. The van der Waals surface area contributed by atoms with Crippen molar-refractivity contribution in [3.05, 3.63) is 84.3 Å². The summed E-state index contributed by atoms with van der Waals surface area (Å²) in [4.78, 5) is 4.30. The fraction of sp³-hybridized carbons (Fsp3) is 0.0556. The van der Waals surface area contributed by atoms with E-state index in [1.807, 2.05) is 42.5 Å². The molecule has 2 N–H and O–H groups in total. The number of nitrogens with zero attached hydrogens (tertiary/aromatic N) is 1. The molecule has 0 saturated heterocycles. The van der Waals surface area contributed by atoms with Crippen LogP contribution in [0.1, 0.15) is 5.56 Å². The zero-order valence-corrected chi connectivity index (χ0v) is 12.0. The Morgan fingerprint density at radius 1 is 0.864 bits per heavy atom. The maximum Gasteiger partial charge on any atom is 0.132 e. The number of halogens is 1. The van der Waals surface area contributed by atoms with Crippen LogP contribution in [0.4, 0.5) is 21.6 Å². The zero-order valence-electron chi connectivity index (χ0n) is 12.0.